The van der Waals surface area contributed by atoms with E-state index in [-0.39, 0.29) is 11.7 Å². The Hall–Kier alpha value is -2.87. The van der Waals surface area contributed by atoms with Gasteiger partial charge in [0.1, 0.15) is 11.5 Å². The van der Waals surface area contributed by atoms with Crippen LogP contribution >= 0.6 is 0 Å². The van der Waals surface area contributed by atoms with Crippen molar-refractivity contribution in [3.8, 4) is 5.75 Å². The lowest BCUT2D eigenvalue weighted by Crippen LogP contribution is -2.45. The molecule has 158 valence electrons. The van der Waals surface area contributed by atoms with Crippen LogP contribution in [0, 0.1) is 5.92 Å². The molecule has 0 spiro atoms. The number of likely N-dealkylation sites (tertiary alicyclic amines) is 1. The van der Waals surface area contributed by atoms with Gasteiger partial charge in [0.15, 0.2) is 0 Å². The monoisotopic (exact) mass is 417 g/mol. The van der Waals surface area contributed by atoms with Gasteiger partial charge < -0.3 is 4.74 Å². The molecule has 0 aliphatic carbocycles. The van der Waals surface area contributed by atoms with E-state index in [1.807, 2.05) is 24.3 Å². The number of halogens is 3. The van der Waals surface area contributed by atoms with E-state index < -0.39 is 6.36 Å². The Morgan fingerprint density at radius 3 is 2.57 bits per heavy atom. The van der Waals surface area contributed by atoms with Crippen molar-refractivity contribution in [2.75, 3.05) is 24.7 Å². The number of amides is 1. The molecule has 0 saturated carbocycles. The van der Waals surface area contributed by atoms with E-state index in [2.05, 4.69) is 21.6 Å². The van der Waals surface area contributed by atoms with Crippen molar-refractivity contribution in [1.29, 1.82) is 0 Å². The van der Waals surface area contributed by atoms with Crippen LogP contribution in [0.1, 0.15) is 25.3 Å². The van der Waals surface area contributed by atoms with Gasteiger partial charge >= 0.3 is 6.36 Å². The van der Waals surface area contributed by atoms with Crippen molar-refractivity contribution < 1.29 is 22.7 Å². The summed E-state index contributed by atoms with van der Waals surface area (Å²) in [5, 5.41) is 0. The lowest BCUT2D eigenvalue weighted by atomic mass is 10.0. The molecule has 0 unspecified atom stereocenters. The Bertz CT molecular complexity index is 957. The molecule has 0 radical (unpaired) electrons. The third-order valence-electron chi connectivity index (χ3n) is 5.29. The number of para-hydroxylation sites is 1. The van der Waals surface area contributed by atoms with Crippen molar-refractivity contribution in [2.24, 2.45) is 10.9 Å². The number of aliphatic imine (C=N–C) groups is 1. The van der Waals surface area contributed by atoms with E-state index in [1.54, 1.807) is 4.90 Å². The van der Waals surface area contributed by atoms with Crippen LogP contribution in [-0.2, 0) is 4.79 Å². The molecule has 1 atom stereocenters. The highest BCUT2D eigenvalue weighted by atomic mass is 19.4. The van der Waals surface area contributed by atoms with Crippen molar-refractivity contribution in [3.63, 3.8) is 0 Å². The number of benzene rings is 2. The Kier molecular flexibility index (Phi) is 5.51. The molecular formula is C22H22F3N3O2. The highest BCUT2D eigenvalue weighted by Crippen LogP contribution is 2.32. The maximum absolute atomic E-state index is 13.2. The fourth-order valence-corrected chi connectivity index (χ4v) is 3.98. The average Bonchev–Trinajstić information content (AvgIpc) is 2.94. The first-order valence-corrected chi connectivity index (χ1v) is 9.88. The number of carbonyl (C=O) groups excluding carboxylic acids is 1. The summed E-state index contributed by atoms with van der Waals surface area (Å²) in [6.45, 7) is 4.60. The van der Waals surface area contributed by atoms with Crippen LogP contribution in [-0.4, -0.2) is 42.6 Å². The first-order valence-electron chi connectivity index (χ1n) is 9.88. The van der Waals surface area contributed by atoms with E-state index in [4.69, 9.17) is 0 Å². The van der Waals surface area contributed by atoms with Crippen LogP contribution < -0.4 is 9.64 Å². The number of hydrogen-bond donors (Lipinski definition) is 0. The first-order chi connectivity index (χ1) is 14.3. The smallest absolute Gasteiger partial charge is 0.406 e. The van der Waals surface area contributed by atoms with Gasteiger partial charge in [-0.05, 0) is 55.6 Å². The van der Waals surface area contributed by atoms with Crippen LogP contribution in [0.2, 0.25) is 0 Å². The number of anilines is 1. The number of carbonyl (C=O) groups is 1. The largest absolute Gasteiger partial charge is 0.573 e. The van der Waals surface area contributed by atoms with E-state index in [0.717, 1.165) is 30.8 Å². The van der Waals surface area contributed by atoms with E-state index in [1.165, 1.54) is 30.7 Å². The molecular weight excluding hydrogens is 395 g/mol. The van der Waals surface area contributed by atoms with Gasteiger partial charge in [-0.1, -0.05) is 25.1 Å². The number of rotatable bonds is 4. The molecule has 30 heavy (non-hydrogen) atoms. The Morgan fingerprint density at radius 2 is 1.87 bits per heavy atom. The van der Waals surface area contributed by atoms with E-state index >= 15 is 0 Å². The third-order valence-corrected chi connectivity index (χ3v) is 5.29. The number of fused-ring (bicyclic) bond motifs is 1. The Balaban J connectivity index is 1.58. The fourth-order valence-electron chi connectivity index (χ4n) is 3.98. The van der Waals surface area contributed by atoms with Crippen molar-refractivity contribution >= 4 is 23.0 Å². The van der Waals surface area contributed by atoms with Gasteiger partial charge in [-0.25, -0.2) is 4.99 Å². The average molecular weight is 417 g/mol. The summed E-state index contributed by atoms with van der Waals surface area (Å²) in [6.07, 6.45) is -2.44. The lowest BCUT2D eigenvalue weighted by Gasteiger charge is -2.33. The summed E-state index contributed by atoms with van der Waals surface area (Å²) in [4.78, 5) is 21.6. The van der Waals surface area contributed by atoms with Crippen LogP contribution in [0.4, 0.5) is 24.5 Å². The molecule has 2 heterocycles. The minimum atomic E-state index is -4.75. The summed E-state index contributed by atoms with van der Waals surface area (Å²) < 4.78 is 40.9. The molecule has 2 aliphatic heterocycles. The Morgan fingerprint density at radius 1 is 1.13 bits per heavy atom. The minimum absolute atomic E-state index is 0.204. The molecule has 8 heteroatoms. The Labute approximate surface area is 172 Å². The van der Waals surface area contributed by atoms with Crippen LogP contribution in [0.5, 0.6) is 5.75 Å². The quantitative estimate of drug-likeness (QED) is 0.722. The SMILES string of the molecule is C[C@H]1CCCN(CN2C(=O)C(=Nc3ccc(OC(F)(F)F)cc3)c3ccccc32)C1. The zero-order valence-electron chi connectivity index (χ0n) is 16.5. The predicted octanol–water partition coefficient (Wildman–Crippen LogP) is 4.74. The van der Waals surface area contributed by atoms with Gasteiger partial charge in [0.05, 0.1) is 18.0 Å². The second-order valence-corrected chi connectivity index (χ2v) is 7.72. The van der Waals surface area contributed by atoms with Gasteiger partial charge in [0.25, 0.3) is 5.91 Å². The van der Waals surface area contributed by atoms with Gasteiger partial charge in [0, 0.05) is 12.1 Å². The summed E-state index contributed by atoms with van der Waals surface area (Å²) in [7, 11) is 0. The maximum atomic E-state index is 13.2. The van der Waals surface area contributed by atoms with Gasteiger partial charge in [-0.3, -0.25) is 14.6 Å². The summed E-state index contributed by atoms with van der Waals surface area (Å²) in [5.74, 6) is 0.0627. The molecule has 2 aromatic rings. The molecule has 1 saturated heterocycles. The minimum Gasteiger partial charge on any atom is -0.406 e. The summed E-state index contributed by atoms with van der Waals surface area (Å²) >= 11 is 0. The molecule has 5 nitrogen and oxygen atoms in total. The normalized spacial score (nSPS) is 21.2. The predicted molar refractivity (Wildman–Crippen MR) is 108 cm³/mol. The van der Waals surface area contributed by atoms with Crippen LogP contribution in [0.15, 0.2) is 53.5 Å². The molecule has 2 aliphatic rings. The second-order valence-electron chi connectivity index (χ2n) is 7.72. The number of hydrogen-bond acceptors (Lipinski definition) is 4. The molecule has 0 N–H and O–H groups in total. The van der Waals surface area contributed by atoms with Crippen LogP contribution in [0.25, 0.3) is 0 Å². The highest BCUT2D eigenvalue weighted by molar-refractivity contribution is 6.54. The highest BCUT2D eigenvalue weighted by Gasteiger charge is 2.35. The third kappa shape index (κ3) is 4.48. The zero-order valence-corrected chi connectivity index (χ0v) is 16.5. The molecule has 0 bridgehead atoms. The first kappa shape index (κ1) is 20.4. The molecule has 0 aromatic heterocycles. The summed E-state index contributed by atoms with van der Waals surface area (Å²) in [5.41, 5.74) is 2.20. The van der Waals surface area contributed by atoms with Crippen LogP contribution in [0.3, 0.4) is 0 Å². The zero-order chi connectivity index (χ0) is 21.3. The summed E-state index contributed by atoms with van der Waals surface area (Å²) in [6, 6.07) is 12.6. The van der Waals surface area contributed by atoms with Gasteiger partial charge in [0.2, 0.25) is 0 Å². The number of ether oxygens (including phenoxy) is 1. The molecule has 4 rings (SSSR count). The van der Waals surface area contributed by atoms with Crippen molar-refractivity contribution in [3.05, 3.63) is 54.1 Å². The van der Waals surface area contributed by atoms with Crippen molar-refractivity contribution in [1.82, 2.24) is 4.90 Å². The standard InChI is InChI=1S/C22H22F3N3O2/c1-15-5-4-12-27(13-15)14-28-19-7-3-2-6-18(19)20(21(28)29)26-16-8-10-17(11-9-16)30-22(23,24)25/h2-3,6-11,15H,4-5,12-14H2,1H3/t15-/m0/s1. The topological polar surface area (TPSA) is 45.1 Å². The van der Waals surface area contributed by atoms with E-state index in [0.29, 0.717) is 24.0 Å². The molecule has 2 aromatic carbocycles. The number of piperidine rings is 1. The number of alkyl halides is 3. The lowest BCUT2D eigenvalue weighted by molar-refractivity contribution is -0.274. The molecule has 1 amide bonds. The van der Waals surface area contributed by atoms with E-state index in [9.17, 15) is 18.0 Å². The van der Waals surface area contributed by atoms with Gasteiger partial charge in [-0.15, -0.1) is 13.2 Å². The maximum Gasteiger partial charge on any atom is 0.573 e. The fraction of sp³-hybridized carbons (Fsp3) is 0.364. The van der Waals surface area contributed by atoms with Gasteiger partial charge in [-0.2, -0.15) is 0 Å². The second kappa shape index (κ2) is 8.10. The number of nitrogens with zero attached hydrogens (tertiary/aromatic N) is 3. The molecule has 1 fully saturated rings. The van der Waals surface area contributed by atoms with Crippen molar-refractivity contribution in [2.45, 2.75) is 26.1 Å².